The van der Waals surface area contributed by atoms with Crippen molar-refractivity contribution < 1.29 is 14.4 Å². The number of hydrogen-bond acceptors (Lipinski definition) is 4. The molecule has 1 aromatic rings. The number of nitrogens with one attached hydrogen (secondary N) is 1. The van der Waals surface area contributed by atoms with Gasteiger partial charge in [-0.15, -0.1) is 0 Å². The molecule has 5 heteroatoms. The van der Waals surface area contributed by atoms with Gasteiger partial charge in [-0.05, 0) is 19.8 Å². The van der Waals surface area contributed by atoms with E-state index in [-0.39, 0.29) is 18.3 Å². The number of aliphatic hydroxyl groups excluding tert-OH is 1. The number of carbonyl (C=O) groups excluding carboxylic acids is 1. The molecule has 1 heterocycles. The summed E-state index contributed by atoms with van der Waals surface area (Å²) >= 11 is 0. The van der Waals surface area contributed by atoms with Crippen molar-refractivity contribution in [3.8, 4) is 0 Å². The van der Waals surface area contributed by atoms with E-state index in [0.29, 0.717) is 5.56 Å². The summed E-state index contributed by atoms with van der Waals surface area (Å²) in [6.07, 6.45) is 5.23. The third kappa shape index (κ3) is 1.95. The van der Waals surface area contributed by atoms with E-state index in [2.05, 4.69) is 10.5 Å². The van der Waals surface area contributed by atoms with Crippen molar-refractivity contribution in [1.82, 2.24) is 10.5 Å². The fraction of sp³-hybridized carbons (Fsp3) is 0.636. The van der Waals surface area contributed by atoms with Gasteiger partial charge in [-0.2, -0.15) is 0 Å². The van der Waals surface area contributed by atoms with Crippen LogP contribution in [-0.4, -0.2) is 28.3 Å². The van der Waals surface area contributed by atoms with Gasteiger partial charge >= 0.3 is 0 Å². The molecule has 88 valence electrons. The zero-order valence-corrected chi connectivity index (χ0v) is 9.32. The molecule has 0 aliphatic heterocycles. The SMILES string of the molecule is Cc1cnoc1C(=O)NC1(CO)CCCC1. The predicted molar refractivity (Wildman–Crippen MR) is 57.0 cm³/mol. The van der Waals surface area contributed by atoms with Crippen LogP contribution in [0.3, 0.4) is 0 Å². The number of rotatable bonds is 3. The lowest BCUT2D eigenvalue weighted by atomic mass is 9.98. The normalized spacial score (nSPS) is 18.6. The third-order valence-corrected chi connectivity index (χ3v) is 3.20. The Balaban J connectivity index is 2.09. The van der Waals surface area contributed by atoms with E-state index in [1.54, 1.807) is 6.92 Å². The van der Waals surface area contributed by atoms with Crippen molar-refractivity contribution >= 4 is 5.91 Å². The number of hydrogen-bond donors (Lipinski definition) is 2. The number of nitrogens with zero attached hydrogens (tertiary/aromatic N) is 1. The van der Waals surface area contributed by atoms with Crippen LogP contribution >= 0.6 is 0 Å². The van der Waals surface area contributed by atoms with Crippen LogP contribution in [0.15, 0.2) is 10.7 Å². The molecular weight excluding hydrogens is 208 g/mol. The topological polar surface area (TPSA) is 75.4 Å². The number of aliphatic hydroxyl groups is 1. The molecule has 2 rings (SSSR count). The Hall–Kier alpha value is -1.36. The molecule has 0 saturated heterocycles. The van der Waals surface area contributed by atoms with Gasteiger partial charge in [0, 0.05) is 5.56 Å². The number of amides is 1. The lowest BCUT2D eigenvalue weighted by Gasteiger charge is -2.27. The monoisotopic (exact) mass is 224 g/mol. The molecule has 1 amide bonds. The maximum absolute atomic E-state index is 11.9. The Labute approximate surface area is 93.8 Å². The van der Waals surface area contributed by atoms with Gasteiger partial charge in [0.25, 0.3) is 5.91 Å². The molecule has 1 fully saturated rings. The zero-order chi connectivity index (χ0) is 11.6. The fourth-order valence-corrected chi connectivity index (χ4v) is 2.18. The van der Waals surface area contributed by atoms with Crippen molar-refractivity contribution in [2.45, 2.75) is 38.1 Å². The van der Waals surface area contributed by atoms with Crippen LogP contribution < -0.4 is 5.32 Å². The van der Waals surface area contributed by atoms with Gasteiger partial charge < -0.3 is 14.9 Å². The minimum atomic E-state index is -0.462. The molecule has 0 atom stereocenters. The summed E-state index contributed by atoms with van der Waals surface area (Å²) in [4.78, 5) is 11.9. The summed E-state index contributed by atoms with van der Waals surface area (Å²) in [5.41, 5.74) is 0.250. The molecule has 0 bridgehead atoms. The summed E-state index contributed by atoms with van der Waals surface area (Å²) in [7, 11) is 0. The van der Waals surface area contributed by atoms with Crippen LogP contribution in [0.2, 0.25) is 0 Å². The van der Waals surface area contributed by atoms with Crippen LogP contribution in [-0.2, 0) is 0 Å². The first kappa shape index (κ1) is 11.1. The summed E-state index contributed by atoms with van der Waals surface area (Å²) in [6, 6.07) is 0. The van der Waals surface area contributed by atoms with E-state index < -0.39 is 5.54 Å². The molecule has 0 unspecified atom stereocenters. The first-order valence-electron chi connectivity index (χ1n) is 5.51. The minimum absolute atomic E-state index is 0.0219. The van der Waals surface area contributed by atoms with Gasteiger partial charge in [0.05, 0.1) is 18.3 Å². The third-order valence-electron chi connectivity index (χ3n) is 3.20. The Morgan fingerprint density at radius 3 is 2.81 bits per heavy atom. The lowest BCUT2D eigenvalue weighted by Crippen LogP contribution is -2.49. The molecule has 0 spiro atoms. The summed E-state index contributed by atoms with van der Waals surface area (Å²) in [5.74, 6) is -0.0503. The highest BCUT2D eigenvalue weighted by molar-refractivity contribution is 5.93. The molecule has 1 aromatic heterocycles. The van der Waals surface area contributed by atoms with Crippen LogP contribution in [0.25, 0.3) is 0 Å². The summed E-state index contributed by atoms with van der Waals surface area (Å²) in [5, 5.41) is 15.8. The maximum Gasteiger partial charge on any atom is 0.290 e. The van der Waals surface area contributed by atoms with Crippen LogP contribution in [0.5, 0.6) is 0 Å². The first-order chi connectivity index (χ1) is 7.67. The lowest BCUT2D eigenvalue weighted by molar-refractivity contribution is 0.0801. The number of carbonyl (C=O) groups is 1. The van der Waals surface area contributed by atoms with Gasteiger partial charge in [0.2, 0.25) is 5.76 Å². The van der Waals surface area contributed by atoms with Gasteiger partial charge in [0.15, 0.2) is 0 Å². The molecule has 1 saturated carbocycles. The molecule has 1 aliphatic carbocycles. The fourth-order valence-electron chi connectivity index (χ4n) is 2.18. The molecule has 5 nitrogen and oxygen atoms in total. The van der Waals surface area contributed by atoms with E-state index >= 15 is 0 Å². The Morgan fingerprint density at radius 1 is 1.62 bits per heavy atom. The molecule has 0 radical (unpaired) electrons. The Bertz CT molecular complexity index is 380. The van der Waals surface area contributed by atoms with Crippen molar-refractivity contribution in [1.29, 1.82) is 0 Å². The first-order valence-corrected chi connectivity index (χ1v) is 5.51. The van der Waals surface area contributed by atoms with Gasteiger partial charge in [-0.25, -0.2) is 0 Å². The Morgan fingerprint density at radius 2 is 2.31 bits per heavy atom. The predicted octanol–water partition coefficient (Wildman–Crippen LogP) is 1.02. The molecule has 16 heavy (non-hydrogen) atoms. The van der Waals surface area contributed by atoms with Gasteiger partial charge in [0.1, 0.15) is 0 Å². The van der Waals surface area contributed by atoms with E-state index in [0.717, 1.165) is 25.7 Å². The Kier molecular flexibility index (Phi) is 2.96. The average Bonchev–Trinajstić information content (AvgIpc) is 2.87. The van der Waals surface area contributed by atoms with Crippen molar-refractivity contribution in [2.24, 2.45) is 0 Å². The quantitative estimate of drug-likeness (QED) is 0.803. The standard InChI is InChI=1S/C11H16N2O3/c1-8-6-12-16-9(8)10(15)13-11(7-14)4-2-3-5-11/h6,14H,2-5,7H2,1H3,(H,13,15). The van der Waals surface area contributed by atoms with Gasteiger partial charge in [-0.3, -0.25) is 4.79 Å². The van der Waals surface area contributed by atoms with E-state index in [1.807, 2.05) is 0 Å². The largest absolute Gasteiger partial charge is 0.394 e. The maximum atomic E-state index is 11.9. The van der Waals surface area contributed by atoms with Crippen LogP contribution in [0, 0.1) is 6.92 Å². The van der Waals surface area contributed by atoms with E-state index in [1.165, 1.54) is 6.20 Å². The number of aryl methyl sites for hydroxylation is 1. The second kappa shape index (κ2) is 4.25. The number of aromatic nitrogens is 1. The minimum Gasteiger partial charge on any atom is -0.394 e. The molecular formula is C11H16N2O3. The van der Waals surface area contributed by atoms with Crippen molar-refractivity contribution in [2.75, 3.05) is 6.61 Å². The molecule has 1 aliphatic rings. The molecule has 0 aromatic carbocycles. The summed E-state index contributed by atoms with van der Waals surface area (Å²) < 4.78 is 4.88. The zero-order valence-electron chi connectivity index (χ0n) is 9.32. The van der Waals surface area contributed by atoms with Gasteiger partial charge in [-0.1, -0.05) is 18.0 Å². The summed E-state index contributed by atoms with van der Waals surface area (Å²) in [6.45, 7) is 1.75. The van der Waals surface area contributed by atoms with Crippen molar-refractivity contribution in [3.05, 3.63) is 17.5 Å². The second-order valence-corrected chi connectivity index (χ2v) is 4.44. The highest BCUT2D eigenvalue weighted by atomic mass is 16.5. The van der Waals surface area contributed by atoms with E-state index in [4.69, 9.17) is 4.52 Å². The van der Waals surface area contributed by atoms with Crippen LogP contribution in [0.1, 0.15) is 41.8 Å². The molecule has 2 N–H and O–H groups in total. The van der Waals surface area contributed by atoms with E-state index in [9.17, 15) is 9.90 Å². The smallest absolute Gasteiger partial charge is 0.290 e. The average molecular weight is 224 g/mol. The van der Waals surface area contributed by atoms with Crippen LogP contribution in [0.4, 0.5) is 0 Å². The second-order valence-electron chi connectivity index (χ2n) is 4.44. The highest BCUT2D eigenvalue weighted by Crippen LogP contribution is 2.29. The van der Waals surface area contributed by atoms with Crippen molar-refractivity contribution in [3.63, 3.8) is 0 Å². The highest BCUT2D eigenvalue weighted by Gasteiger charge is 2.35.